The molecule has 0 fully saturated rings. The van der Waals surface area contributed by atoms with Crippen molar-refractivity contribution in [3.05, 3.63) is 65.0 Å². The molecule has 0 bridgehead atoms. The van der Waals surface area contributed by atoms with Crippen molar-refractivity contribution in [1.29, 1.82) is 0 Å². The predicted molar refractivity (Wildman–Crippen MR) is 105 cm³/mol. The first-order valence-electron chi connectivity index (χ1n) is 9.21. The van der Waals surface area contributed by atoms with Gasteiger partial charge in [0.05, 0.1) is 12.2 Å². The Morgan fingerprint density at radius 3 is 2.54 bits per heavy atom. The third-order valence-corrected chi connectivity index (χ3v) is 4.36. The van der Waals surface area contributed by atoms with Crippen LogP contribution in [0.25, 0.3) is 11.5 Å². The summed E-state index contributed by atoms with van der Waals surface area (Å²) in [5, 5.41) is 9.53. The van der Waals surface area contributed by atoms with Crippen LogP contribution in [0.3, 0.4) is 0 Å². The molecule has 1 N–H and O–H groups in total. The zero-order valence-corrected chi connectivity index (χ0v) is 16.2. The number of benzene rings is 2. The van der Waals surface area contributed by atoms with Crippen LogP contribution in [0.4, 0.5) is 0 Å². The van der Waals surface area contributed by atoms with Gasteiger partial charge in [0.2, 0.25) is 5.89 Å². The van der Waals surface area contributed by atoms with Gasteiger partial charge in [-0.15, -0.1) is 0 Å². The fraction of sp³-hybridized carbons (Fsp3) is 0.273. The van der Waals surface area contributed by atoms with E-state index < -0.39 is 5.97 Å². The van der Waals surface area contributed by atoms with Crippen LogP contribution in [-0.2, 0) is 13.0 Å². The number of aryl methyl sites for hydroxylation is 1. The lowest BCUT2D eigenvalue weighted by atomic mass is 10.0. The van der Waals surface area contributed by atoms with Crippen molar-refractivity contribution in [2.75, 3.05) is 6.61 Å². The smallest absolute Gasteiger partial charge is 0.336 e. The maximum atomic E-state index is 11.6. The van der Waals surface area contributed by atoms with Gasteiger partial charge in [0, 0.05) is 17.2 Å². The van der Waals surface area contributed by atoms with Gasteiger partial charge in [-0.3, -0.25) is 0 Å². The quantitative estimate of drug-likeness (QED) is 0.598. The molecule has 1 aromatic heterocycles. The maximum Gasteiger partial charge on any atom is 0.336 e. The molecule has 3 rings (SSSR count). The van der Waals surface area contributed by atoms with Crippen LogP contribution >= 0.6 is 0 Å². The Bertz CT molecular complexity index is 963. The van der Waals surface area contributed by atoms with Crippen molar-refractivity contribution in [2.24, 2.45) is 0 Å². The van der Waals surface area contributed by atoms with E-state index in [0.717, 1.165) is 5.56 Å². The second kappa shape index (κ2) is 8.61. The molecule has 0 amide bonds. The number of aromatic nitrogens is 1. The van der Waals surface area contributed by atoms with E-state index in [-0.39, 0.29) is 12.2 Å². The highest BCUT2D eigenvalue weighted by molar-refractivity contribution is 5.91. The number of hydrogen-bond donors (Lipinski definition) is 1. The highest BCUT2D eigenvalue weighted by Gasteiger charge is 2.18. The van der Waals surface area contributed by atoms with Gasteiger partial charge in [0.15, 0.2) is 0 Å². The zero-order valence-electron chi connectivity index (χ0n) is 16.2. The van der Waals surface area contributed by atoms with E-state index in [1.165, 1.54) is 6.07 Å². The number of nitrogens with zero attached hydrogens (tertiary/aromatic N) is 1. The third-order valence-electron chi connectivity index (χ3n) is 4.36. The topological polar surface area (TPSA) is 81.8 Å². The number of ether oxygens (including phenoxy) is 2. The monoisotopic (exact) mass is 381 g/mol. The minimum Gasteiger partial charge on any atom is -0.493 e. The van der Waals surface area contributed by atoms with Crippen molar-refractivity contribution < 1.29 is 23.8 Å². The molecule has 6 nitrogen and oxygen atoms in total. The molecular formula is C22H23NO5. The summed E-state index contributed by atoms with van der Waals surface area (Å²) in [7, 11) is 0. The lowest BCUT2D eigenvalue weighted by molar-refractivity contribution is 0.0694. The number of oxazole rings is 1. The summed E-state index contributed by atoms with van der Waals surface area (Å²) in [6.45, 7) is 6.19. The summed E-state index contributed by atoms with van der Waals surface area (Å²) in [5.74, 6) is 1.13. The fourth-order valence-electron chi connectivity index (χ4n) is 2.96. The number of carboxylic acids is 1. The van der Waals surface area contributed by atoms with Crippen LogP contribution in [0, 0.1) is 6.92 Å². The second-order valence-electron chi connectivity index (χ2n) is 6.22. The molecule has 6 heteroatoms. The van der Waals surface area contributed by atoms with Crippen LogP contribution in [0.1, 0.15) is 41.2 Å². The molecule has 2 aromatic carbocycles. The van der Waals surface area contributed by atoms with Gasteiger partial charge in [-0.1, -0.05) is 25.1 Å². The van der Waals surface area contributed by atoms with Crippen molar-refractivity contribution >= 4 is 5.97 Å². The summed E-state index contributed by atoms with van der Waals surface area (Å²) in [4.78, 5) is 16.1. The third kappa shape index (κ3) is 4.17. The summed E-state index contributed by atoms with van der Waals surface area (Å²) in [6.07, 6.45) is 0.556. The molecule has 0 atom stereocenters. The number of carbonyl (C=O) groups is 1. The van der Waals surface area contributed by atoms with Crippen LogP contribution in [0.15, 0.2) is 46.9 Å². The van der Waals surface area contributed by atoms with Crippen LogP contribution in [0.2, 0.25) is 0 Å². The van der Waals surface area contributed by atoms with E-state index in [0.29, 0.717) is 47.4 Å². The van der Waals surface area contributed by atoms with E-state index in [1.54, 1.807) is 6.07 Å². The molecule has 0 aliphatic carbocycles. The average molecular weight is 381 g/mol. The highest BCUT2D eigenvalue weighted by Crippen LogP contribution is 2.31. The molecule has 0 spiro atoms. The molecular weight excluding hydrogens is 358 g/mol. The van der Waals surface area contributed by atoms with Crippen molar-refractivity contribution in [2.45, 2.75) is 33.8 Å². The van der Waals surface area contributed by atoms with E-state index >= 15 is 0 Å². The van der Waals surface area contributed by atoms with Gasteiger partial charge in [0.1, 0.15) is 29.6 Å². The summed E-state index contributed by atoms with van der Waals surface area (Å²) in [5.41, 5.74) is 2.39. The van der Waals surface area contributed by atoms with Crippen LogP contribution in [-0.4, -0.2) is 22.7 Å². The minimum atomic E-state index is -1.01. The number of hydrogen-bond acceptors (Lipinski definition) is 5. The molecule has 1 heterocycles. The van der Waals surface area contributed by atoms with Gasteiger partial charge < -0.3 is 19.0 Å². The van der Waals surface area contributed by atoms with Gasteiger partial charge in [-0.05, 0) is 38.5 Å². The Labute approximate surface area is 163 Å². The first-order chi connectivity index (χ1) is 13.5. The van der Waals surface area contributed by atoms with E-state index in [1.807, 2.05) is 51.1 Å². The summed E-state index contributed by atoms with van der Waals surface area (Å²) < 4.78 is 17.2. The van der Waals surface area contributed by atoms with E-state index in [2.05, 4.69) is 4.98 Å². The number of carboxylic acid groups (broad SMARTS) is 1. The zero-order chi connectivity index (χ0) is 20.1. The molecule has 0 saturated carbocycles. The predicted octanol–water partition coefficient (Wildman–Crippen LogP) is 4.89. The first-order valence-corrected chi connectivity index (χ1v) is 9.21. The van der Waals surface area contributed by atoms with Gasteiger partial charge >= 0.3 is 5.97 Å². The Balaban J connectivity index is 1.85. The molecule has 0 saturated heterocycles. The lowest BCUT2D eigenvalue weighted by Crippen LogP contribution is -2.07. The molecule has 0 radical (unpaired) electrons. The summed E-state index contributed by atoms with van der Waals surface area (Å²) >= 11 is 0. The van der Waals surface area contributed by atoms with Crippen LogP contribution < -0.4 is 9.47 Å². The Hall–Kier alpha value is -3.28. The SMILES string of the molecule is CCOc1cc(OCc2nc(-c3ccccc3)oc2C)cc(C(=O)O)c1CC. The summed E-state index contributed by atoms with van der Waals surface area (Å²) in [6, 6.07) is 12.9. The molecule has 146 valence electrons. The molecule has 0 aliphatic rings. The Kier molecular flexibility index (Phi) is 5.99. The Morgan fingerprint density at radius 1 is 1.14 bits per heavy atom. The number of rotatable bonds is 8. The average Bonchev–Trinajstić information content (AvgIpc) is 3.07. The maximum absolute atomic E-state index is 11.6. The molecule has 0 unspecified atom stereocenters. The van der Waals surface area contributed by atoms with E-state index in [9.17, 15) is 9.90 Å². The van der Waals surface area contributed by atoms with Crippen LogP contribution in [0.5, 0.6) is 11.5 Å². The van der Waals surface area contributed by atoms with Crippen molar-refractivity contribution in [1.82, 2.24) is 4.98 Å². The normalized spacial score (nSPS) is 10.7. The van der Waals surface area contributed by atoms with Gasteiger partial charge in [-0.25, -0.2) is 9.78 Å². The standard InChI is InChI=1S/C22H23NO5/c1-4-17-18(22(24)25)11-16(12-20(17)26-5-2)27-13-19-14(3)28-21(23-19)15-9-7-6-8-10-15/h6-12H,4-5,13H2,1-3H3,(H,24,25). The van der Waals surface area contributed by atoms with Gasteiger partial charge in [0.25, 0.3) is 0 Å². The number of aromatic carboxylic acids is 1. The van der Waals surface area contributed by atoms with Gasteiger partial charge in [-0.2, -0.15) is 0 Å². The first kappa shape index (κ1) is 19.5. The highest BCUT2D eigenvalue weighted by atomic mass is 16.5. The molecule has 3 aromatic rings. The molecule has 0 aliphatic heterocycles. The fourth-order valence-corrected chi connectivity index (χ4v) is 2.96. The second-order valence-corrected chi connectivity index (χ2v) is 6.22. The largest absolute Gasteiger partial charge is 0.493 e. The molecule has 28 heavy (non-hydrogen) atoms. The van der Waals surface area contributed by atoms with Crippen molar-refractivity contribution in [3.63, 3.8) is 0 Å². The lowest BCUT2D eigenvalue weighted by Gasteiger charge is -2.14. The minimum absolute atomic E-state index is 0.165. The van der Waals surface area contributed by atoms with E-state index in [4.69, 9.17) is 13.9 Å². The Morgan fingerprint density at radius 2 is 1.89 bits per heavy atom. The van der Waals surface area contributed by atoms with Crippen molar-refractivity contribution in [3.8, 4) is 23.0 Å².